The van der Waals surface area contributed by atoms with Gasteiger partial charge in [-0.15, -0.1) is 11.3 Å². The van der Waals surface area contributed by atoms with Crippen molar-refractivity contribution in [2.45, 2.75) is 6.92 Å². The van der Waals surface area contributed by atoms with E-state index < -0.39 is 23.2 Å². The van der Waals surface area contributed by atoms with Crippen molar-refractivity contribution in [1.82, 2.24) is 0 Å². The molecule has 94 valence electrons. The summed E-state index contributed by atoms with van der Waals surface area (Å²) in [5.74, 6) is -4.86. The van der Waals surface area contributed by atoms with Gasteiger partial charge < -0.3 is 0 Å². The van der Waals surface area contributed by atoms with E-state index in [9.17, 15) is 18.0 Å². The van der Waals surface area contributed by atoms with Gasteiger partial charge in [0, 0.05) is 14.9 Å². The molecule has 1 aromatic heterocycles. The maximum Gasteiger partial charge on any atom is 0.204 e. The normalized spacial score (nSPS) is 10.7. The Kier molecular flexibility index (Phi) is 3.59. The molecule has 0 fully saturated rings. The predicted octanol–water partition coefficient (Wildman–Crippen LogP) is 4.47. The standard InChI is InChI=1S/C12H6BrF3OS/c1-5-2-7(13)12(18-5)11(17)6-3-8(14)10(16)9(15)4-6/h2-4H,1H3. The van der Waals surface area contributed by atoms with Crippen LogP contribution in [0.5, 0.6) is 0 Å². The minimum Gasteiger partial charge on any atom is -0.288 e. The molecule has 0 N–H and O–H groups in total. The lowest BCUT2D eigenvalue weighted by Gasteiger charge is -2.01. The molecule has 0 aliphatic carbocycles. The highest BCUT2D eigenvalue weighted by molar-refractivity contribution is 9.10. The molecule has 0 amide bonds. The first-order valence-corrected chi connectivity index (χ1v) is 6.46. The van der Waals surface area contributed by atoms with Crippen LogP contribution in [0, 0.1) is 24.4 Å². The van der Waals surface area contributed by atoms with Crippen LogP contribution in [-0.4, -0.2) is 5.78 Å². The van der Waals surface area contributed by atoms with E-state index in [-0.39, 0.29) is 5.56 Å². The quantitative estimate of drug-likeness (QED) is 0.585. The molecule has 2 aromatic rings. The van der Waals surface area contributed by atoms with Crippen molar-refractivity contribution in [2.24, 2.45) is 0 Å². The van der Waals surface area contributed by atoms with Crippen LogP contribution in [0.15, 0.2) is 22.7 Å². The molecular formula is C12H6BrF3OS. The summed E-state index contributed by atoms with van der Waals surface area (Å²) >= 11 is 4.39. The molecule has 0 saturated heterocycles. The van der Waals surface area contributed by atoms with Crippen molar-refractivity contribution in [3.05, 3.63) is 55.4 Å². The molecule has 6 heteroatoms. The Bertz CT molecular complexity index is 613. The first kappa shape index (κ1) is 13.3. The van der Waals surface area contributed by atoms with Crippen LogP contribution in [-0.2, 0) is 0 Å². The average Bonchev–Trinajstić information content (AvgIpc) is 2.63. The number of ketones is 1. The van der Waals surface area contributed by atoms with Gasteiger partial charge in [0.2, 0.25) is 5.78 Å². The van der Waals surface area contributed by atoms with Crippen LogP contribution >= 0.6 is 27.3 Å². The largest absolute Gasteiger partial charge is 0.288 e. The molecule has 1 aromatic carbocycles. The predicted molar refractivity (Wildman–Crippen MR) is 66.5 cm³/mol. The molecule has 1 heterocycles. The third-order valence-corrected chi connectivity index (χ3v) is 4.20. The molecule has 18 heavy (non-hydrogen) atoms. The van der Waals surface area contributed by atoms with E-state index in [2.05, 4.69) is 15.9 Å². The van der Waals surface area contributed by atoms with Gasteiger partial charge in [0.05, 0.1) is 4.88 Å². The lowest BCUT2D eigenvalue weighted by Crippen LogP contribution is -2.03. The minimum atomic E-state index is -1.58. The van der Waals surface area contributed by atoms with Crippen molar-refractivity contribution in [2.75, 3.05) is 0 Å². The van der Waals surface area contributed by atoms with Gasteiger partial charge >= 0.3 is 0 Å². The van der Waals surface area contributed by atoms with Crippen molar-refractivity contribution < 1.29 is 18.0 Å². The van der Waals surface area contributed by atoms with E-state index in [0.717, 1.165) is 4.88 Å². The second-order valence-corrected chi connectivity index (χ2v) is 5.73. The Hall–Kier alpha value is -1.14. The second kappa shape index (κ2) is 4.85. The Balaban J connectivity index is 2.50. The molecule has 0 aliphatic heterocycles. The summed E-state index contributed by atoms with van der Waals surface area (Å²) in [6.07, 6.45) is 0. The topological polar surface area (TPSA) is 17.1 Å². The molecule has 0 radical (unpaired) electrons. The summed E-state index contributed by atoms with van der Waals surface area (Å²) in [5.41, 5.74) is -0.214. The number of hydrogen-bond donors (Lipinski definition) is 0. The van der Waals surface area contributed by atoms with Crippen molar-refractivity contribution in [1.29, 1.82) is 0 Å². The third-order valence-electron chi connectivity index (χ3n) is 2.26. The lowest BCUT2D eigenvalue weighted by atomic mass is 10.1. The maximum absolute atomic E-state index is 13.0. The zero-order valence-electron chi connectivity index (χ0n) is 9.06. The van der Waals surface area contributed by atoms with Crippen molar-refractivity contribution in [3.63, 3.8) is 0 Å². The SMILES string of the molecule is Cc1cc(Br)c(C(=O)c2cc(F)c(F)c(F)c2)s1. The highest BCUT2D eigenvalue weighted by Gasteiger charge is 2.19. The van der Waals surface area contributed by atoms with Crippen LogP contribution in [0.1, 0.15) is 20.1 Å². The Morgan fingerprint density at radius 3 is 2.17 bits per heavy atom. The molecule has 0 bridgehead atoms. The van der Waals surface area contributed by atoms with Gasteiger partial charge in [-0.3, -0.25) is 4.79 Å². The van der Waals surface area contributed by atoms with E-state index in [1.54, 1.807) is 13.0 Å². The fourth-order valence-corrected chi connectivity index (χ4v) is 3.24. The van der Waals surface area contributed by atoms with E-state index in [1.807, 2.05) is 0 Å². The summed E-state index contributed by atoms with van der Waals surface area (Å²) in [7, 11) is 0. The summed E-state index contributed by atoms with van der Waals surface area (Å²) in [6.45, 7) is 1.80. The van der Waals surface area contributed by atoms with Gasteiger partial charge in [-0.25, -0.2) is 13.2 Å². The van der Waals surface area contributed by atoms with Gasteiger partial charge in [-0.05, 0) is 41.1 Å². The average molecular weight is 335 g/mol. The molecular weight excluding hydrogens is 329 g/mol. The molecule has 0 saturated carbocycles. The highest BCUT2D eigenvalue weighted by atomic mass is 79.9. The van der Waals surface area contributed by atoms with Gasteiger partial charge in [-0.1, -0.05) is 0 Å². The number of carbonyl (C=O) groups excluding carboxylic acids is 1. The van der Waals surface area contributed by atoms with E-state index in [4.69, 9.17) is 0 Å². The van der Waals surface area contributed by atoms with Gasteiger partial charge in [0.15, 0.2) is 17.5 Å². The van der Waals surface area contributed by atoms with Crippen LogP contribution in [0.25, 0.3) is 0 Å². The molecule has 0 spiro atoms. The number of hydrogen-bond acceptors (Lipinski definition) is 2. The van der Waals surface area contributed by atoms with Crippen LogP contribution in [0.2, 0.25) is 0 Å². The molecule has 1 nitrogen and oxygen atoms in total. The van der Waals surface area contributed by atoms with Gasteiger partial charge in [-0.2, -0.15) is 0 Å². The fraction of sp³-hybridized carbons (Fsp3) is 0.0833. The molecule has 0 aliphatic rings. The van der Waals surface area contributed by atoms with E-state index in [1.165, 1.54) is 11.3 Å². The number of aryl methyl sites for hydroxylation is 1. The smallest absolute Gasteiger partial charge is 0.204 e. The van der Waals surface area contributed by atoms with Crippen LogP contribution < -0.4 is 0 Å². The summed E-state index contributed by atoms with van der Waals surface area (Å²) in [6, 6.07) is 3.12. The van der Waals surface area contributed by atoms with Crippen LogP contribution in [0.4, 0.5) is 13.2 Å². The van der Waals surface area contributed by atoms with E-state index in [0.29, 0.717) is 21.5 Å². The fourth-order valence-electron chi connectivity index (χ4n) is 1.46. The maximum atomic E-state index is 13.0. The van der Waals surface area contributed by atoms with Crippen molar-refractivity contribution >= 4 is 33.0 Å². The highest BCUT2D eigenvalue weighted by Crippen LogP contribution is 2.29. The lowest BCUT2D eigenvalue weighted by molar-refractivity contribution is 0.104. The number of rotatable bonds is 2. The monoisotopic (exact) mass is 334 g/mol. The van der Waals surface area contributed by atoms with Gasteiger partial charge in [0.25, 0.3) is 0 Å². The minimum absolute atomic E-state index is 0.214. The zero-order chi connectivity index (χ0) is 13.4. The van der Waals surface area contributed by atoms with Gasteiger partial charge in [0.1, 0.15) is 0 Å². The summed E-state index contributed by atoms with van der Waals surface area (Å²) in [4.78, 5) is 13.2. The first-order chi connectivity index (χ1) is 8.40. The molecule has 0 unspecified atom stereocenters. The Morgan fingerprint density at radius 2 is 1.72 bits per heavy atom. The number of thiophene rings is 1. The number of carbonyl (C=O) groups is 1. The van der Waals surface area contributed by atoms with Crippen LogP contribution in [0.3, 0.4) is 0 Å². The third kappa shape index (κ3) is 2.35. The Morgan fingerprint density at radius 1 is 1.17 bits per heavy atom. The zero-order valence-corrected chi connectivity index (χ0v) is 11.5. The summed E-state index contributed by atoms with van der Waals surface area (Å²) in [5, 5.41) is 0. The van der Waals surface area contributed by atoms with E-state index >= 15 is 0 Å². The second-order valence-electron chi connectivity index (χ2n) is 3.62. The number of halogens is 4. The molecule has 2 rings (SSSR count). The summed E-state index contributed by atoms with van der Waals surface area (Å²) < 4.78 is 39.4. The van der Waals surface area contributed by atoms with Crippen molar-refractivity contribution in [3.8, 4) is 0 Å². The number of benzene rings is 1. The molecule has 0 atom stereocenters. The first-order valence-electron chi connectivity index (χ1n) is 4.85. The Labute approximate surface area is 113 Å².